The highest BCUT2D eigenvalue weighted by molar-refractivity contribution is 5.92. The Labute approximate surface area is 135 Å². The molecule has 0 spiro atoms. The van der Waals surface area contributed by atoms with E-state index in [4.69, 9.17) is 0 Å². The van der Waals surface area contributed by atoms with Crippen molar-refractivity contribution in [2.45, 2.75) is 20.8 Å². The van der Waals surface area contributed by atoms with Crippen molar-refractivity contribution in [2.24, 2.45) is 0 Å². The highest BCUT2D eigenvalue weighted by Gasteiger charge is 2.19. The Morgan fingerprint density at radius 1 is 0.957 bits per heavy atom. The first-order valence-electron chi connectivity index (χ1n) is 7.57. The molecule has 3 nitrogen and oxygen atoms in total. The topological polar surface area (TPSA) is 42.2 Å². The first-order chi connectivity index (χ1) is 11.0. The second-order valence-corrected chi connectivity index (χ2v) is 5.82. The molecule has 0 fully saturated rings. The molecule has 0 saturated heterocycles. The van der Waals surface area contributed by atoms with Crippen LogP contribution >= 0.6 is 0 Å². The molecule has 0 amide bonds. The van der Waals surface area contributed by atoms with E-state index in [9.17, 15) is 9.90 Å². The summed E-state index contributed by atoms with van der Waals surface area (Å²) in [4.78, 5) is 11.6. The van der Waals surface area contributed by atoms with E-state index < -0.39 is 5.97 Å². The predicted molar refractivity (Wildman–Crippen MR) is 92.4 cm³/mol. The molecule has 0 aliphatic carbocycles. The van der Waals surface area contributed by atoms with Gasteiger partial charge in [-0.15, -0.1) is 0 Å². The molecule has 3 aromatic rings. The van der Waals surface area contributed by atoms with Gasteiger partial charge < -0.3 is 9.67 Å². The minimum Gasteiger partial charge on any atom is -0.478 e. The monoisotopic (exact) mass is 305 g/mol. The van der Waals surface area contributed by atoms with E-state index in [2.05, 4.69) is 32.0 Å². The van der Waals surface area contributed by atoms with Gasteiger partial charge in [-0.1, -0.05) is 42.0 Å². The summed E-state index contributed by atoms with van der Waals surface area (Å²) in [5.41, 5.74) is 6.32. The van der Waals surface area contributed by atoms with Crippen molar-refractivity contribution >= 4 is 5.97 Å². The van der Waals surface area contributed by atoms with Crippen LogP contribution < -0.4 is 0 Å². The van der Waals surface area contributed by atoms with Gasteiger partial charge in [0.25, 0.3) is 0 Å². The lowest BCUT2D eigenvalue weighted by Gasteiger charge is -2.14. The van der Waals surface area contributed by atoms with E-state index in [0.29, 0.717) is 5.56 Å². The van der Waals surface area contributed by atoms with Crippen LogP contribution in [0.15, 0.2) is 54.6 Å². The zero-order valence-electron chi connectivity index (χ0n) is 13.5. The Hall–Kier alpha value is -2.81. The Bertz CT molecular complexity index is 876. The minimum atomic E-state index is -0.900. The molecule has 1 N–H and O–H groups in total. The number of aryl methyl sites for hydroxylation is 2. The number of benzene rings is 2. The maximum absolute atomic E-state index is 11.6. The third-order valence-corrected chi connectivity index (χ3v) is 4.15. The molecule has 0 saturated carbocycles. The van der Waals surface area contributed by atoms with Crippen molar-refractivity contribution in [3.63, 3.8) is 0 Å². The van der Waals surface area contributed by atoms with E-state index >= 15 is 0 Å². The van der Waals surface area contributed by atoms with Crippen molar-refractivity contribution < 1.29 is 9.90 Å². The molecule has 116 valence electrons. The minimum absolute atomic E-state index is 0.337. The number of aromatic nitrogens is 1. The molecule has 23 heavy (non-hydrogen) atoms. The molecule has 0 aliphatic rings. The SMILES string of the molecule is Cc1ccc(-c2cc(C(=O)O)c(C)n2-c2ccccc2)c(C)c1. The molecule has 0 radical (unpaired) electrons. The average Bonchev–Trinajstić information content (AvgIpc) is 2.85. The quantitative estimate of drug-likeness (QED) is 0.757. The summed E-state index contributed by atoms with van der Waals surface area (Å²) in [6.45, 7) is 5.96. The molecule has 2 aromatic carbocycles. The van der Waals surface area contributed by atoms with Crippen LogP contribution in [0.2, 0.25) is 0 Å². The number of hydrogen-bond acceptors (Lipinski definition) is 1. The number of hydrogen-bond donors (Lipinski definition) is 1. The van der Waals surface area contributed by atoms with Crippen LogP contribution in [0, 0.1) is 20.8 Å². The van der Waals surface area contributed by atoms with E-state index in [0.717, 1.165) is 28.2 Å². The second kappa shape index (κ2) is 5.76. The smallest absolute Gasteiger partial charge is 0.337 e. The van der Waals surface area contributed by atoms with E-state index in [1.165, 1.54) is 5.56 Å². The summed E-state index contributed by atoms with van der Waals surface area (Å²) >= 11 is 0. The molecule has 0 aliphatic heterocycles. The van der Waals surface area contributed by atoms with Gasteiger partial charge in [0.15, 0.2) is 0 Å². The third kappa shape index (κ3) is 2.66. The van der Waals surface area contributed by atoms with Crippen LogP contribution in [0.4, 0.5) is 0 Å². The van der Waals surface area contributed by atoms with Crippen LogP contribution in [0.25, 0.3) is 16.9 Å². The number of aromatic carboxylic acids is 1. The lowest BCUT2D eigenvalue weighted by Crippen LogP contribution is -2.02. The highest BCUT2D eigenvalue weighted by atomic mass is 16.4. The van der Waals surface area contributed by atoms with Gasteiger partial charge in [0.2, 0.25) is 0 Å². The normalized spacial score (nSPS) is 10.7. The van der Waals surface area contributed by atoms with Crippen molar-refractivity contribution in [1.82, 2.24) is 4.57 Å². The van der Waals surface area contributed by atoms with Crippen molar-refractivity contribution in [3.8, 4) is 16.9 Å². The first kappa shape index (κ1) is 15.1. The Kier molecular flexibility index (Phi) is 3.78. The van der Waals surface area contributed by atoms with Crippen molar-refractivity contribution in [2.75, 3.05) is 0 Å². The summed E-state index contributed by atoms with van der Waals surface area (Å²) in [5.74, 6) is -0.900. The van der Waals surface area contributed by atoms with Crippen LogP contribution in [0.3, 0.4) is 0 Å². The fourth-order valence-electron chi connectivity index (χ4n) is 3.03. The number of carbonyl (C=O) groups is 1. The summed E-state index contributed by atoms with van der Waals surface area (Å²) in [6.07, 6.45) is 0. The van der Waals surface area contributed by atoms with Crippen molar-refractivity contribution in [3.05, 3.63) is 77.0 Å². The van der Waals surface area contributed by atoms with Crippen molar-refractivity contribution in [1.29, 1.82) is 0 Å². The number of para-hydroxylation sites is 1. The number of carboxylic acid groups (broad SMARTS) is 1. The van der Waals surface area contributed by atoms with Gasteiger partial charge in [0.05, 0.1) is 11.3 Å². The molecule has 0 atom stereocenters. The van der Waals surface area contributed by atoms with Gasteiger partial charge in [-0.05, 0) is 44.5 Å². The molecular weight excluding hydrogens is 286 g/mol. The largest absolute Gasteiger partial charge is 0.478 e. The number of nitrogens with zero attached hydrogens (tertiary/aromatic N) is 1. The van der Waals surface area contributed by atoms with E-state index in [1.54, 1.807) is 6.07 Å². The Balaban J connectivity index is 2.32. The van der Waals surface area contributed by atoms with Gasteiger partial charge in [-0.25, -0.2) is 4.79 Å². The summed E-state index contributed by atoms with van der Waals surface area (Å²) in [6, 6.07) is 17.9. The maximum Gasteiger partial charge on any atom is 0.337 e. The summed E-state index contributed by atoms with van der Waals surface area (Å²) in [5, 5.41) is 9.50. The van der Waals surface area contributed by atoms with Gasteiger partial charge in [0, 0.05) is 16.9 Å². The molecule has 1 heterocycles. The fraction of sp³-hybridized carbons (Fsp3) is 0.150. The second-order valence-electron chi connectivity index (χ2n) is 5.82. The van der Waals surface area contributed by atoms with Gasteiger partial charge in [0.1, 0.15) is 0 Å². The zero-order valence-corrected chi connectivity index (χ0v) is 13.5. The number of rotatable bonds is 3. The van der Waals surface area contributed by atoms with E-state index in [-0.39, 0.29) is 0 Å². The average molecular weight is 305 g/mol. The molecule has 0 unspecified atom stereocenters. The molecule has 3 rings (SSSR count). The van der Waals surface area contributed by atoms with Gasteiger partial charge in [-0.2, -0.15) is 0 Å². The highest BCUT2D eigenvalue weighted by Crippen LogP contribution is 2.31. The zero-order chi connectivity index (χ0) is 16.6. The molecule has 0 bridgehead atoms. The molecule has 1 aromatic heterocycles. The first-order valence-corrected chi connectivity index (χ1v) is 7.57. The lowest BCUT2D eigenvalue weighted by atomic mass is 10.0. The number of carboxylic acids is 1. The molecular formula is C20H19NO2. The van der Waals surface area contributed by atoms with Gasteiger partial charge in [-0.3, -0.25) is 0 Å². The van der Waals surface area contributed by atoms with Crippen LogP contribution in [-0.2, 0) is 0 Å². The maximum atomic E-state index is 11.6. The summed E-state index contributed by atoms with van der Waals surface area (Å²) in [7, 11) is 0. The van der Waals surface area contributed by atoms with Crippen LogP contribution in [-0.4, -0.2) is 15.6 Å². The third-order valence-electron chi connectivity index (χ3n) is 4.15. The Morgan fingerprint density at radius 3 is 2.26 bits per heavy atom. The predicted octanol–water partition coefficient (Wildman–Crippen LogP) is 4.77. The standard InChI is InChI=1S/C20H19NO2/c1-13-9-10-17(14(2)11-13)19-12-18(20(22)23)15(3)21(19)16-7-5-4-6-8-16/h4-12H,1-3H3,(H,22,23). The van der Waals surface area contributed by atoms with E-state index in [1.807, 2.05) is 41.8 Å². The van der Waals surface area contributed by atoms with Gasteiger partial charge >= 0.3 is 5.97 Å². The lowest BCUT2D eigenvalue weighted by molar-refractivity contribution is 0.0696. The van der Waals surface area contributed by atoms with Crippen LogP contribution in [0.5, 0.6) is 0 Å². The summed E-state index contributed by atoms with van der Waals surface area (Å²) < 4.78 is 2.01. The van der Waals surface area contributed by atoms with Crippen LogP contribution in [0.1, 0.15) is 27.2 Å². The fourth-order valence-corrected chi connectivity index (χ4v) is 3.03. The molecule has 3 heteroatoms. The Morgan fingerprint density at radius 2 is 1.65 bits per heavy atom.